The minimum atomic E-state index is -1.15. The number of carbonyl (C=O) groups is 3. The van der Waals surface area contributed by atoms with Gasteiger partial charge in [0.2, 0.25) is 11.6 Å². The van der Waals surface area contributed by atoms with Crippen molar-refractivity contribution in [3.63, 3.8) is 0 Å². The highest BCUT2D eigenvalue weighted by Crippen LogP contribution is 2.42. The number of Topliss-reactive ketones (excluding diaryl/α,β-unsaturated/α-hetero) is 3. The van der Waals surface area contributed by atoms with Crippen molar-refractivity contribution in [2.75, 3.05) is 0 Å². The summed E-state index contributed by atoms with van der Waals surface area (Å²) in [6.07, 6.45) is 0. The third-order valence-electron chi connectivity index (χ3n) is 3.42. The molecule has 0 bridgehead atoms. The van der Waals surface area contributed by atoms with Crippen LogP contribution in [0.4, 0.5) is 0 Å². The Morgan fingerprint density at radius 1 is 1.00 bits per heavy atom. The lowest BCUT2D eigenvalue weighted by Crippen LogP contribution is -2.56. The van der Waals surface area contributed by atoms with Gasteiger partial charge in [0.15, 0.2) is 5.78 Å². The Balaban J connectivity index is 3.30. The van der Waals surface area contributed by atoms with Crippen LogP contribution >= 0.6 is 0 Å². The Hall–Kier alpha value is -0.990. The van der Waals surface area contributed by atoms with Crippen LogP contribution in [0.3, 0.4) is 0 Å². The fourth-order valence-corrected chi connectivity index (χ4v) is 1.94. The monoisotopic (exact) mass is 196 g/mol. The molecular formula is C11H16O3. The van der Waals surface area contributed by atoms with Crippen LogP contribution in [-0.2, 0) is 14.4 Å². The maximum atomic E-state index is 12.0. The van der Waals surface area contributed by atoms with Gasteiger partial charge in [-0.3, -0.25) is 14.4 Å². The molecule has 3 heteroatoms. The van der Waals surface area contributed by atoms with Crippen LogP contribution in [0.5, 0.6) is 0 Å². The summed E-state index contributed by atoms with van der Waals surface area (Å²) in [7, 11) is 0. The summed E-state index contributed by atoms with van der Waals surface area (Å²) in [6, 6.07) is 0. The van der Waals surface area contributed by atoms with Crippen molar-refractivity contribution in [1.82, 2.24) is 0 Å². The number of rotatable bonds is 0. The Labute approximate surface area is 83.9 Å². The Morgan fingerprint density at radius 2 is 1.43 bits per heavy atom. The highest BCUT2D eigenvalue weighted by Gasteiger charge is 2.56. The third-order valence-corrected chi connectivity index (χ3v) is 3.42. The second kappa shape index (κ2) is 2.75. The molecule has 0 amide bonds. The van der Waals surface area contributed by atoms with Crippen LogP contribution in [0.15, 0.2) is 0 Å². The van der Waals surface area contributed by atoms with E-state index in [1.165, 1.54) is 13.8 Å². The van der Waals surface area contributed by atoms with E-state index in [0.717, 1.165) is 0 Å². The van der Waals surface area contributed by atoms with Crippen LogP contribution in [0.25, 0.3) is 0 Å². The van der Waals surface area contributed by atoms with Gasteiger partial charge in [-0.25, -0.2) is 0 Å². The summed E-state index contributed by atoms with van der Waals surface area (Å²) in [5, 5.41) is 0. The van der Waals surface area contributed by atoms with Gasteiger partial charge in [-0.15, -0.1) is 0 Å². The molecule has 0 aromatic carbocycles. The minimum absolute atomic E-state index is 0.137. The van der Waals surface area contributed by atoms with Crippen LogP contribution < -0.4 is 0 Å². The van der Waals surface area contributed by atoms with Crippen molar-refractivity contribution in [3.8, 4) is 0 Å². The highest BCUT2D eigenvalue weighted by molar-refractivity contribution is 6.46. The van der Waals surface area contributed by atoms with Gasteiger partial charge in [0.1, 0.15) is 0 Å². The molecule has 0 N–H and O–H groups in total. The molecule has 0 heterocycles. The van der Waals surface area contributed by atoms with Crippen LogP contribution in [0.1, 0.15) is 34.6 Å². The van der Waals surface area contributed by atoms with Crippen molar-refractivity contribution >= 4 is 17.3 Å². The smallest absolute Gasteiger partial charge is 0.211 e. The molecule has 3 nitrogen and oxygen atoms in total. The predicted octanol–water partition coefficient (Wildman–Crippen LogP) is 1.40. The Bertz CT molecular complexity index is 323. The van der Waals surface area contributed by atoms with E-state index < -0.39 is 28.3 Å². The van der Waals surface area contributed by atoms with Crippen LogP contribution in [0, 0.1) is 16.7 Å². The molecule has 1 unspecified atom stereocenters. The zero-order chi connectivity index (χ0) is 11.3. The molecule has 1 fully saturated rings. The number of hydrogen-bond donors (Lipinski definition) is 0. The molecule has 1 aliphatic carbocycles. The quantitative estimate of drug-likeness (QED) is 0.434. The Morgan fingerprint density at radius 3 is 1.86 bits per heavy atom. The molecule has 0 spiro atoms. The van der Waals surface area contributed by atoms with Crippen LogP contribution in [0.2, 0.25) is 0 Å². The second-order valence-electron chi connectivity index (χ2n) is 5.09. The van der Waals surface area contributed by atoms with Crippen molar-refractivity contribution in [2.45, 2.75) is 34.6 Å². The van der Waals surface area contributed by atoms with Crippen LogP contribution in [-0.4, -0.2) is 17.3 Å². The molecule has 0 radical (unpaired) electrons. The molecule has 1 rings (SSSR count). The van der Waals surface area contributed by atoms with E-state index >= 15 is 0 Å². The van der Waals surface area contributed by atoms with Crippen molar-refractivity contribution < 1.29 is 14.4 Å². The standard InChI is InChI=1S/C11H16O3/c1-6-7(12)8(13)11(4,5)9(14)10(6,2)3/h6H,1-5H3. The lowest BCUT2D eigenvalue weighted by Gasteiger charge is -2.40. The van der Waals surface area contributed by atoms with Gasteiger partial charge in [0.05, 0.1) is 5.41 Å². The largest absolute Gasteiger partial charge is 0.298 e. The number of ketones is 3. The number of carbonyl (C=O) groups excluding carboxylic acids is 3. The van der Waals surface area contributed by atoms with Gasteiger partial charge in [-0.2, -0.15) is 0 Å². The topological polar surface area (TPSA) is 51.2 Å². The summed E-state index contributed by atoms with van der Waals surface area (Å²) in [6.45, 7) is 8.16. The second-order valence-corrected chi connectivity index (χ2v) is 5.09. The first-order valence-corrected chi connectivity index (χ1v) is 4.77. The van der Waals surface area contributed by atoms with Gasteiger partial charge in [0, 0.05) is 11.3 Å². The van der Waals surface area contributed by atoms with Gasteiger partial charge >= 0.3 is 0 Å². The van der Waals surface area contributed by atoms with E-state index in [1.54, 1.807) is 20.8 Å². The minimum Gasteiger partial charge on any atom is -0.298 e. The van der Waals surface area contributed by atoms with E-state index in [1.807, 2.05) is 0 Å². The average molecular weight is 196 g/mol. The normalized spacial score (nSPS) is 30.6. The molecule has 78 valence electrons. The molecule has 0 aliphatic heterocycles. The maximum absolute atomic E-state index is 12.0. The van der Waals surface area contributed by atoms with E-state index in [2.05, 4.69) is 0 Å². The first kappa shape index (κ1) is 11.1. The molecule has 1 atom stereocenters. The molecule has 0 aromatic heterocycles. The summed E-state index contributed by atoms with van der Waals surface area (Å²) in [5.74, 6) is -1.61. The Kier molecular flexibility index (Phi) is 2.18. The van der Waals surface area contributed by atoms with Crippen molar-refractivity contribution in [3.05, 3.63) is 0 Å². The highest BCUT2D eigenvalue weighted by atomic mass is 16.2. The molecule has 1 saturated carbocycles. The average Bonchev–Trinajstić information content (AvgIpc) is 2.11. The van der Waals surface area contributed by atoms with E-state index in [4.69, 9.17) is 0 Å². The van der Waals surface area contributed by atoms with E-state index in [-0.39, 0.29) is 5.78 Å². The molecule has 0 saturated heterocycles. The summed E-state index contributed by atoms with van der Waals surface area (Å²) < 4.78 is 0. The molecule has 0 aromatic rings. The fourth-order valence-electron chi connectivity index (χ4n) is 1.94. The summed E-state index contributed by atoms with van der Waals surface area (Å²) >= 11 is 0. The predicted molar refractivity (Wildman–Crippen MR) is 51.7 cm³/mol. The van der Waals surface area contributed by atoms with Gasteiger partial charge < -0.3 is 0 Å². The summed E-state index contributed by atoms with van der Waals surface area (Å²) in [4.78, 5) is 35.1. The van der Waals surface area contributed by atoms with E-state index in [9.17, 15) is 14.4 Å². The molecular weight excluding hydrogens is 180 g/mol. The summed E-state index contributed by atoms with van der Waals surface area (Å²) in [5.41, 5.74) is -1.87. The molecule has 14 heavy (non-hydrogen) atoms. The van der Waals surface area contributed by atoms with Crippen molar-refractivity contribution in [2.24, 2.45) is 16.7 Å². The molecule has 1 aliphatic rings. The first-order chi connectivity index (χ1) is 6.13. The first-order valence-electron chi connectivity index (χ1n) is 4.77. The zero-order valence-electron chi connectivity index (χ0n) is 9.30. The lowest BCUT2D eigenvalue weighted by molar-refractivity contribution is -0.161. The SMILES string of the molecule is CC1C(=O)C(=O)C(C)(C)C(=O)C1(C)C. The van der Waals surface area contributed by atoms with E-state index in [0.29, 0.717) is 0 Å². The number of hydrogen-bond acceptors (Lipinski definition) is 3. The third kappa shape index (κ3) is 1.15. The van der Waals surface area contributed by atoms with Gasteiger partial charge in [-0.05, 0) is 13.8 Å². The van der Waals surface area contributed by atoms with Gasteiger partial charge in [0.25, 0.3) is 0 Å². The lowest BCUT2D eigenvalue weighted by atomic mass is 9.58. The maximum Gasteiger partial charge on any atom is 0.211 e. The fraction of sp³-hybridized carbons (Fsp3) is 0.727. The van der Waals surface area contributed by atoms with Gasteiger partial charge in [-0.1, -0.05) is 20.8 Å². The zero-order valence-corrected chi connectivity index (χ0v) is 9.30. The van der Waals surface area contributed by atoms with Crippen molar-refractivity contribution in [1.29, 1.82) is 0 Å².